The Kier molecular flexibility index (Phi) is 5.64. The van der Waals surface area contributed by atoms with E-state index in [0.29, 0.717) is 24.5 Å². The van der Waals surface area contributed by atoms with Crippen molar-refractivity contribution in [2.24, 2.45) is 0 Å². The molecular weight excluding hydrogens is 294 g/mol. The zero-order valence-corrected chi connectivity index (χ0v) is 14.3. The minimum Gasteiger partial charge on any atom is -0.487 e. The van der Waals surface area contributed by atoms with Gasteiger partial charge in [0.15, 0.2) is 5.78 Å². The van der Waals surface area contributed by atoms with Gasteiger partial charge >= 0.3 is 5.97 Å². The Hall–Kier alpha value is -2.04. The second kappa shape index (κ2) is 7.49. The van der Waals surface area contributed by atoms with Crippen molar-refractivity contribution >= 4 is 17.4 Å². The molecule has 0 N–H and O–H groups in total. The van der Waals surface area contributed by atoms with Gasteiger partial charge in [-0.2, -0.15) is 0 Å². The lowest BCUT2D eigenvalue weighted by Crippen LogP contribution is -2.47. The highest BCUT2D eigenvalue weighted by molar-refractivity contribution is 5.96. The van der Waals surface area contributed by atoms with Gasteiger partial charge in [0.2, 0.25) is 0 Å². The number of Topliss-reactive ketones (excluding diaryl/α,β-unsaturated/α-hetero) is 1. The summed E-state index contributed by atoms with van der Waals surface area (Å²) in [6, 6.07) is 4.92. The molecule has 0 spiro atoms. The molecule has 2 unspecified atom stereocenters. The third kappa shape index (κ3) is 4.03. The standard InChI is InChI=1S/C18H25NO4/c1-5-6-9-22-18(21)13(3)19-11-12(2)23-17-8-7-15(14(4)20)10-16(17)19/h7-8,10,12-13H,5-6,9,11H2,1-4H3. The molecule has 1 aliphatic heterocycles. The number of esters is 1. The number of nitrogens with zero attached hydrogens (tertiary/aromatic N) is 1. The molecule has 1 heterocycles. The summed E-state index contributed by atoms with van der Waals surface area (Å²) in [5.74, 6) is 0.443. The highest BCUT2D eigenvalue weighted by Gasteiger charge is 2.31. The third-order valence-corrected chi connectivity index (χ3v) is 4.01. The van der Waals surface area contributed by atoms with Crippen LogP contribution in [0.1, 0.15) is 50.9 Å². The van der Waals surface area contributed by atoms with Crippen LogP contribution in [0.25, 0.3) is 0 Å². The minimum atomic E-state index is -0.417. The zero-order chi connectivity index (χ0) is 17.0. The van der Waals surface area contributed by atoms with Crippen LogP contribution in [0.2, 0.25) is 0 Å². The van der Waals surface area contributed by atoms with E-state index in [1.54, 1.807) is 18.2 Å². The number of fused-ring (bicyclic) bond motifs is 1. The summed E-state index contributed by atoms with van der Waals surface area (Å²) < 4.78 is 11.2. The van der Waals surface area contributed by atoms with E-state index < -0.39 is 6.04 Å². The van der Waals surface area contributed by atoms with E-state index in [2.05, 4.69) is 6.92 Å². The SMILES string of the molecule is CCCCOC(=O)C(C)N1CC(C)Oc2ccc(C(C)=O)cc21. The van der Waals surface area contributed by atoms with Crippen molar-refractivity contribution in [1.29, 1.82) is 0 Å². The molecule has 0 amide bonds. The molecule has 0 saturated carbocycles. The number of carbonyl (C=O) groups excluding carboxylic acids is 2. The highest BCUT2D eigenvalue weighted by Crippen LogP contribution is 2.35. The first-order valence-corrected chi connectivity index (χ1v) is 8.19. The number of hydrogen-bond donors (Lipinski definition) is 0. The van der Waals surface area contributed by atoms with Crippen molar-refractivity contribution in [2.75, 3.05) is 18.1 Å². The molecule has 0 saturated heterocycles. The summed E-state index contributed by atoms with van der Waals surface area (Å²) in [6.07, 6.45) is 1.82. The first-order chi connectivity index (χ1) is 10.9. The Morgan fingerprint density at radius 2 is 2.17 bits per heavy atom. The van der Waals surface area contributed by atoms with Crippen LogP contribution < -0.4 is 9.64 Å². The molecule has 1 aromatic rings. The number of ether oxygens (including phenoxy) is 2. The number of anilines is 1. The molecule has 2 rings (SSSR count). The van der Waals surface area contributed by atoms with E-state index in [-0.39, 0.29) is 17.9 Å². The lowest BCUT2D eigenvalue weighted by atomic mass is 10.1. The highest BCUT2D eigenvalue weighted by atomic mass is 16.5. The monoisotopic (exact) mass is 319 g/mol. The quantitative estimate of drug-likeness (QED) is 0.458. The number of carbonyl (C=O) groups is 2. The predicted molar refractivity (Wildman–Crippen MR) is 89.2 cm³/mol. The van der Waals surface area contributed by atoms with E-state index in [4.69, 9.17) is 9.47 Å². The van der Waals surface area contributed by atoms with Gasteiger partial charge in [-0.25, -0.2) is 4.79 Å². The maximum Gasteiger partial charge on any atom is 0.328 e. The topological polar surface area (TPSA) is 55.8 Å². The molecule has 126 valence electrons. The van der Waals surface area contributed by atoms with Crippen molar-refractivity contribution in [3.63, 3.8) is 0 Å². The molecule has 5 heteroatoms. The van der Waals surface area contributed by atoms with Gasteiger partial charge in [0, 0.05) is 5.56 Å². The Labute approximate surface area is 137 Å². The molecule has 2 atom stereocenters. The Balaban J connectivity index is 2.23. The molecule has 0 aliphatic carbocycles. The fourth-order valence-corrected chi connectivity index (χ4v) is 2.62. The number of benzene rings is 1. The second-order valence-corrected chi connectivity index (χ2v) is 6.02. The summed E-state index contributed by atoms with van der Waals surface area (Å²) in [4.78, 5) is 25.9. The maximum absolute atomic E-state index is 12.3. The Morgan fingerprint density at radius 1 is 1.43 bits per heavy atom. The van der Waals surface area contributed by atoms with Gasteiger partial charge in [0.1, 0.15) is 17.9 Å². The van der Waals surface area contributed by atoms with Crippen LogP contribution in [0.3, 0.4) is 0 Å². The van der Waals surface area contributed by atoms with E-state index in [0.717, 1.165) is 18.5 Å². The van der Waals surface area contributed by atoms with Gasteiger partial charge in [-0.05, 0) is 45.4 Å². The first-order valence-electron chi connectivity index (χ1n) is 8.19. The summed E-state index contributed by atoms with van der Waals surface area (Å²) in [7, 11) is 0. The van der Waals surface area contributed by atoms with Crippen LogP contribution in [-0.2, 0) is 9.53 Å². The summed E-state index contributed by atoms with van der Waals surface area (Å²) in [5, 5.41) is 0. The average Bonchev–Trinajstić information content (AvgIpc) is 2.52. The first kappa shape index (κ1) is 17.3. The molecule has 5 nitrogen and oxygen atoms in total. The van der Waals surface area contributed by atoms with Crippen molar-refractivity contribution in [3.05, 3.63) is 23.8 Å². The molecule has 0 bridgehead atoms. The molecule has 0 aromatic heterocycles. The van der Waals surface area contributed by atoms with Crippen LogP contribution in [0.4, 0.5) is 5.69 Å². The molecule has 0 radical (unpaired) electrons. The van der Waals surface area contributed by atoms with E-state index in [1.165, 1.54) is 6.92 Å². The van der Waals surface area contributed by atoms with Crippen LogP contribution in [0.5, 0.6) is 5.75 Å². The lowest BCUT2D eigenvalue weighted by molar-refractivity contribution is -0.145. The summed E-state index contributed by atoms with van der Waals surface area (Å²) >= 11 is 0. The molecule has 1 aromatic carbocycles. The number of ketones is 1. The van der Waals surface area contributed by atoms with Gasteiger partial charge in [-0.3, -0.25) is 4.79 Å². The van der Waals surface area contributed by atoms with E-state index >= 15 is 0 Å². The van der Waals surface area contributed by atoms with Gasteiger partial charge in [-0.1, -0.05) is 13.3 Å². The average molecular weight is 319 g/mol. The molecule has 0 fully saturated rings. The van der Waals surface area contributed by atoms with Crippen molar-refractivity contribution in [1.82, 2.24) is 0 Å². The zero-order valence-electron chi connectivity index (χ0n) is 14.3. The third-order valence-electron chi connectivity index (χ3n) is 4.01. The van der Waals surface area contributed by atoms with Crippen LogP contribution in [0, 0.1) is 0 Å². The molecule has 1 aliphatic rings. The van der Waals surface area contributed by atoms with E-state index in [9.17, 15) is 9.59 Å². The van der Waals surface area contributed by atoms with Gasteiger partial charge in [-0.15, -0.1) is 0 Å². The normalized spacial score (nSPS) is 17.9. The number of hydrogen-bond acceptors (Lipinski definition) is 5. The van der Waals surface area contributed by atoms with Crippen molar-refractivity contribution in [2.45, 2.75) is 52.7 Å². The maximum atomic E-state index is 12.3. The Bertz CT molecular complexity index is 584. The molecular formula is C18H25NO4. The van der Waals surface area contributed by atoms with Crippen LogP contribution in [0.15, 0.2) is 18.2 Å². The van der Waals surface area contributed by atoms with Crippen molar-refractivity contribution < 1.29 is 19.1 Å². The largest absolute Gasteiger partial charge is 0.487 e. The predicted octanol–water partition coefficient (Wildman–Crippen LogP) is 3.21. The summed E-state index contributed by atoms with van der Waals surface area (Å²) in [5.41, 5.74) is 1.38. The summed E-state index contributed by atoms with van der Waals surface area (Å²) in [6.45, 7) is 8.40. The second-order valence-electron chi connectivity index (χ2n) is 6.02. The smallest absolute Gasteiger partial charge is 0.328 e. The van der Waals surface area contributed by atoms with Crippen molar-refractivity contribution in [3.8, 4) is 5.75 Å². The van der Waals surface area contributed by atoms with Gasteiger partial charge < -0.3 is 14.4 Å². The van der Waals surface area contributed by atoms with Crippen LogP contribution >= 0.6 is 0 Å². The van der Waals surface area contributed by atoms with Crippen LogP contribution in [-0.4, -0.2) is 37.0 Å². The van der Waals surface area contributed by atoms with Gasteiger partial charge in [0.25, 0.3) is 0 Å². The molecule has 23 heavy (non-hydrogen) atoms. The number of rotatable bonds is 6. The van der Waals surface area contributed by atoms with E-state index in [1.807, 2.05) is 18.7 Å². The fraction of sp³-hybridized carbons (Fsp3) is 0.556. The van der Waals surface area contributed by atoms with Gasteiger partial charge in [0.05, 0.1) is 18.8 Å². The fourth-order valence-electron chi connectivity index (χ4n) is 2.62. The Morgan fingerprint density at radius 3 is 2.83 bits per heavy atom. The lowest BCUT2D eigenvalue weighted by Gasteiger charge is -2.38. The number of unbranched alkanes of at least 4 members (excludes halogenated alkanes) is 1. The minimum absolute atomic E-state index is 0.00968.